The van der Waals surface area contributed by atoms with Gasteiger partial charge in [0, 0.05) is 11.8 Å². The van der Waals surface area contributed by atoms with Crippen molar-refractivity contribution in [3.8, 4) is 0 Å². The molecule has 2 atom stereocenters. The summed E-state index contributed by atoms with van der Waals surface area (Å²) >= 11 is 3.84. The van der Waals surface area contributed by atoms with Crippen molar-refractivity contribution in [3.63, 3.8) is 0 Å². The van der Waals surface area contributed by atoms with Gasteiger partial charge in [0.15, 0.2) is 5.17 Å². The molecule has 0 bridgehead atoms. The van der Waals surface area contributed by atoms with Crippen molar-refractivity contribution >= 4 is 28.7 Å². The van der Waals surface area contributed by atoms with Crippen LogP contribution in [0.25, 0.3) is 0 Å². The van der Waals surface area contributed by atoms with Gasteiger partial charge in [0.2, 0.25) is 0 Å². The third kappa shape index (κ3) is 6.61. The lowest BCUT2D eigenvalue weighted by molar-refractivity contribution is 0.375. The Kier molecular flexibility index (Phi) is 6.21. The summed E-state index contributed by atoms with van der Waals surface area (Å²) in [6.07, 6.45) is 3.41. The van der Waals surface area contributed by atoms with Gasteiger partial charge in [0.25, 0.3) is 0 Å². The van der Waals surface area contributed by atoms with Crippen LogP contribution in [0.1, 0.15) is 34.1 Å². The highest BCUT2D eigenvalue weighted by molar-refractivity contribution is 8.14. The highest BCUT2D eigenvalue weighted by atomic mass is 32.2. The molecule has 0 fully saturated rings. The van der Waals surface area contributed by atoms with E-state index in [4.69, 9.17) is 0 Å². The Bertz CT molecular complexity index is 259. The first-order valence-corrected chi connectivity index (χ1v) is 8.62. The first-order chi connectivity index (χ1) is 7.90. The van der Waals surface area contributed by atoms with E-state index in [0.717, 1.165) is 24.2 Å². The highest BCUT2D eigenvalue weighted by Crippen LogP contribution is 2.31. The highest BCUT2D eigenvalue weighted by Gasteiger charge is 2.24. The maximum Gasteiger partial charge on any atom is 0.156 e. The quantitative estimate of drug-likeness (QED) is 0.830. The Morgan fingerprint density at radius 2 is 2.24 bits per heavy atom. The van der Waals surface area contributed by atoms with Crippen molar-refractivity contribution < 1.29 is 0 Å². The summed E-state index contributed by atoms with van der Waals surface area (Å²) in [6, 6.07) is 0. The zero-order valence-corrected chi connectivity index (χ0v) is 13.4. The second-order valence-corrected chi connectivity index (χ2v) is 8.29. The number of aliphatic imine (C=N–C) groups is 1. The number of nitrogens with one attached hydrogen (secondary N) is 1. The summed E-state index contributed by atoms with van der Waals surface area (Å²) in [6.45, 7) is 11.2. The van der Waals surface area contributed by atoms with Crippen LogP contribution in [0.15, 0.2) is 4.99 Å². The monoisotopic (exact) mass is 274 g/mol. The van der Waals surface area contributed by atoms with E-state index < -0.39 is 0 Å². The fourth-order valence-electron chi connectivity index (χ4n) is 1.91. The smallest absolute Gasteiger partial charge is 0.156 e. The Hall–Kier alpha value is 0.170. The van der Waals surface area contributed by atoms with Crippen LogP contribution in [0.4, 0.5) is 0 Å². The largest absolute Gasteiger partial charge is 0.365 e. The van der Waals surface area contributed by atoms with Crippen LogP contribution in [-0.4, -0.2) is 35.5 Å². The Morgan fingerprint density at radius 1 is 1.53 bits per heavy atom. The van der Waals surface area contributed by atoms with Crippen LogP contribution in [0.3, 0.4) is 0 Å². The predicted molar refractivity (Wildman–Crippen MR) is 83.3 cm³/mol. The third-order valence-corrected chi connectivity index (χ3v) is 4.66. The fraction of sp³-hybridized carbons (Fsp3) is 0.923. The van der Waals surface area contributed by atoms with E-state index in [9.17, 15) is 0 Å². The molecule has 1 aliphatic rings. The van der Waals surface area contributed by atoms with Gasteiger partial charge in [0.05, 0.1) is 6.54 Å². The molecule has 1 N–H and O–H groups in total. The summed E-state index contributed by atoms with van der Waals surface area (Å²) in [5.74, 6) is 1.94. The van der Waals surface area contributed by atoms with E-state index >= 15 is 0 Å². The lowest BCUT2D eigenvalue weighted by atomic mass is 9.90. The summed E-state index contributed by atoms with van der Waals surface area (Å²) in [4.78, 5) is 4.60. The molecule has 0 amide bonds. The Balaban J connectivity index is 2.21. The number of hydrogen-bond donors (Lipinski definition) is 1. The number of nitrogens with zero attached hydrogens (tertiary/aromatic N) is 1. The molecule has 0 saturated carbocycles. The van der Waals surface area contributed by atoms with Gasteiger partial charge >= 0.3 is 0 Å². The van der Waals surface area contributed by atoms with E-state index in [-0.39, 0.29) is 0 Å². The molecule has 0 spiro atoms. The van der Waals surface area contributed by atoms with Gasteiger partial charge in [-0.25, -0.2) is 0 Å². The molecule has 1 rings (SSSR count). The lowest BCUT2D eigenvalue weighted by Gasteiger charge is -2.21. The minimum atomic E-state index is 0.411. The lowest BCUT2D eigenvalue weighted by Crippen LogP contribution is -2.26. The fourth-order valence-corrected chi connectivity index (χ4v) is 3.96. The van der Waals surface area contributed by atoms with Gasteiger partial charge in [-0.05, 0) is 29.8 Å². The van der Waals surface area contributed by atoms with Crippen molar-refractivity contribution in [2.24, 2.45) is 16.3 Å². The molecule has 0 aliphatic carbocycles. The minimum Gasteiger partial charge on any atom is -0.365 e. The number of hydrogen-bond acceptors (Lipinski definition) is 4. The number of rotatable bonds is 5. The van der Waals surface area contributed by atoms with E-state index in [1.54, 1.807) is 0 Å². The van der Waals surface area contributed by atoms with E-state index in [2.05, 4.69) is 44.3 Å². The molecule has 1 heterocycles. The molecule has 0 aromatic rings. The molecule has 0 aromatic heterocycles. The normalized spacial score (nSPS) is 22.4. The third-order valence-electron chi connectivity index (χ3n) is 2.61. The second-order valence-electron chi connectivity index (χ2n) is 6.09. The molecule has 17 heavy (non-hydrogen) atoms. The average Bonchev–Trinajstić information content (AvgIpc) is 2.60. The summed E-state index contributed by atoms with van der Waals surface area (Å²) < 4.78 is 0. The van der Waals surface area contributed by atoms with Crippen molar-refractivity contribution in [1.29, 1.82) is 0 Å². The number of thioether (sulfide) groups is 2. The average molecular weight is 274 g/mol. The SMILES string of the molecule is CSCC(C)CNC1=NCC(CC(C)(C)C)S1. The standard InChI is InChI=1S/C13H26N2S2/c1-10(9-16-5)7-14-12-15-8-11(17-12)6-13(2,3)4/h10-11H,6-9H2,1-5H3,(H,14,15). The zero-order chi connectivity index (χ0) is 12.9. The summed E-state index contributed by atoms with van der Waals surface area (Å²) in [5.41, 5.74) is 0.411. The van der Waals surface area contributed by atoms with Crippen LogP contribution in [-0.2, 0) is 0 Å². The maximum atomic E-state index is 4.60. The van der Waals surface area contributed by atoms with Crippen molar-refractivity contribution in [2.75, 3.05) is 25.1 Å². The molecular formula is C13H26N2S2. The molecule has 2 unspecified atom stereocenters. The minimum absolute atomic E-state index is 0.411. The van der Waals surface area contributed by atoms with E-state index in [0.29, 0.717) is 10.7 Å². The van der Waals surface area contributed by atoms with E-state index in [1.807, 2.05) is 23.5 Å². The molecule has 100 valence electrons. The Labute approximate surface area is 115 Å². The molecule has 0 aromatic carbocycles. The van der Waals surface area contributed by atoms with Crippen LogP contribution in [0.2, 0.25) is 0 Å². The van der Waals surface area contributed by atoms with Crippen LogP contribution in [0.5, 0.6) is 0 Å². The van der Waals surface area contributed by atoms with Gasteiger partial charge in [-0.3, -0.25) is 4.99 Å². The van der Waals surface area contributed by atoms with Gasteiger partial charge in [0.1, 0.15) is 0 Å². The van der Waals surface area contributed by atoms with Crippen LogP contribution >= 0.6 is 23.5 Å². The molecule has 2 nitrogen and oxygen atoms in total. The van der Waals surface area contributed by atoms with E-state index in [1.165, 1.54) is 12.2 Å². The molecule has 1 aliphatic heterocycles. The van der Waals surface area contributed by atoms with Crippen LogP contribution < -0.4 is 5.32 Å². The first-order valence-electron chi connectivity index (χ1n) is 6.34. The summed E-state index contributed by atoms with van der Waals surface area (Å²) in [5, 5.41) is 5.32. The van der Waals surface area contributed by atoms with Crippen molar-refractivity contribution in [1.82, 2.24) is 5.32 Å². The van der Waals surface area contributed by atoms with Gasteiger partial charge in [-0.15, -0.1) is 0 Å². The Morgan fingerprint density at radius 3 is 2.82 bits per heavy atom. The van der Waals surface area contributed by atoms with Crippen LogP contribution in [0, 0.1) is 11.3 Å². The molecule has 0 saturated heterocycles. The zero-order valence-electron chi connectivity index (χ0n) is 11.7. The van der Waals surface area contributed by atoms with Crippen molar-refractivity contribution in [3.05, 3.63) is 0 Å². The number of amidine groups is 1. The topological polar surface area (TPSA) is 24.4 Å². The van der Waals surface area contributed by atoms with Crippen molar-refractivity contribution in [2.45, 2.75) is 39.4 Å². The van der Waals surface area contributed by atoms with Gasteiger partial charge in [-0.2, -0.15) is 11.8 Å². The molecule has 4 heteroatoms. The molecule has 0 radical (unpaired) electrons. The van der Waals surface area contributed by atoms with Gasteiger partial charge in [-0.1, -0.05) is 39.5 Å². The second kappa shape index (κ2) is 6.93. The summed E-state index contributed by atoms with van der Waals surface area (Å²) in [7, 11) is 0. The maximum absolute atomic E-state index is 4.60. The van der Waals surface area contributed by atoms with Gasteiger partial charge < -0.3 is 5.32 Å². The molecular weight excluding hydrogens is 248 g/mol. The predicted octanol–water partition coefficient (Wildman–Crippen LogP) is 3.48. The first kappa shape index (κ1) is 15.2.